The molecule has 1 aliphatic carbocycles. The second kappa shape index (κ2) is 8.98. The molecule has 33 heavy (non-hydrogen) atoms. The second-order valence-corrected chi connectivity index (χ2v) is 11.5. The van der Waals surface area contributed by atoms with Gasteiger partial charge in [-0.2, -0.15) is 0 Å². The molecule has 9 heteroatoms. The Hall–Kier alpha value is -2.00. The van der Waals surface area contributed by atoms with Crippen molar-refractivity contribution >= 4 is 28.7 Å². The van der Waals surface area contributed by atoms with E-state index in [0.717, 1.165) is 12.8 Å². The molecule has 0 radical (unpaired) electrons. The van der Waals surface area contributed by atoms with Crippen molar-refractivity contribution in [2.24, 2.45) is 5.41 Å². The van der Waals surface area contributed by atoms with E-state index in [0.29, 0.717) is 52.1 Å². The van der Waals surface area contributed by atoms with Crippen molar-refractivity contribution in [3.05, 3.63) is 44.7 Å². The highest BCUT2D eigenvalue weighted by atomic mass is 35.5. The Morgan fingerprint density at radius 1 is 1.27 bits per heavy atom. The van der Waals surface area contributed by atoms with Crippen molar-refractivity contribution in [2.75, 3.05) is 20.3 Å². The molecule has 7 nitrogen and oxygen atoms in total. The van der Waals surface area contributed by atoms with Crippen molar-refractivity contribution < 1.29 is 23.9 Å². The number of carbonyl (C=O) groups is 1. The molecular weight excluding hydrogens is 466 g/mol. The molecule has 1 aromatic heterocycles. The summed E-state index contributed by atoms with van der Waals surface area (Å²) in [6, 6.07) is 4.74. The van der Waals surface area contributed by atoms with Crippen LogP contribution >= 0.6 is 11.6 Å². The number of rotatable bonds is 7. The SMILES string of the molecule is COCCCOc1cc2c(cc1Cl)-c1c(cc(C(=O)O)c(=O)n1C1CC1)C(C(C)(C)C)[S+]2[O-]. The lowest BCUT2D eigenvalue weighted by atomic mass is 9.84. The Balaban J connectivity index is 1.96. The van der Waals surface area contributed by atoms with Crippen LogP contribution in [0.15, 0.2) is 27.9 Å². The Kier molecular flexibility index (Phi) is 6.57. The van der Waals surface area contributed by atoms with Crippen LogP contribution < -0.4 is 10.3 Å². The molecule has 0 spiro atoms. The zero-order valence-electron chi connectivity index (χ0n) is 19.1. The van der Waals surface area contributed by atoms with Gasteiger partial charge in [-0.3, -0.25) is 4.79 Å². The summed E-state index contributed by atoms with van der Waals surface area (Å²) >= 11 is 5.03. The lowest BCUT2D eigenvalue weighted by Gasteiger charge is -2.38. The van der Waals surface area contributed by atoms with Gasteiger partial charge in [-0.25, -0.2) is 4.79 Å². The summed E-state index contributed by atoms with van der Waals surface area (Å²) in [5.41, 5.74) is 0.541. The molecule has 0 bridgehead atoms. The van der Waals surface area contributed by atoms with Crippen LogP contribution in [-0.4, -0.2) is 40.5 Å². The van der Waals surface area contributed by atoms with Crippen LogP contribution in [0.3, 0.4) is 0 Å². The topological polar surface area (TPSA) is 101 Å². The van der Waals surface area contributed by atoms with Gasteiger partial charge in [-0.15, -0.1) is 0 Å². The maximum absolute atomic E-state index is 13.9. The summed E-state index contributed by atoms with van der Waals surface area (Å²) in [5, 5.41) is 9.55. The van der Waals surface area contributed by atoms with Gasteiger partial charge in [-0.1, -0.05) is 32.4 Å². The van der Waals surface area contributed by atoms with E-state index < -0.39 is 33.4 Å². The van der Waals surface area contributed by atoms with E-state index in [9.17, 15) is 19.2 Å². The van der Waals surface area contributed by atoms with Crippen molar-refractivity contribution in [1.82, 2.24) is 4.57 Å². The number of halogens is 1. The summed E-state index contributed by atoms with van der Waals surface area (Å²) in [6.45, 7) is 6.85. The van der Waals surface area contributed by atoms with E-state index in [1.54, 1.807) is 23.8 Å². The summed E-state index contributed by atoms with van der Waals surface area (Å²) in [5.74, 6) is -0.849. The summed E-state index contributed by atoms with van der Waals surface area (Å²) in [6.07, 6.45) is 2.27. The monoisotopic (exact) mass is 493 g/mol. The van der Waals surface area contributed by atoms with Crippen LogP contribution in [0.25, 0.3) is 11.3 Å². The number of aromatic nitrogens is 1. The van der Waals surface area contributed by atoms with E-state index in [1.165, 1.54) is 6.07 Å². The fourth-order valence-corrected chi connectivity index (χ4v) is 6.51. The van der Waals surface area contributed by atoms with Crippen LogP contribution in [0.2, 0.25) is 5.02 Å². The molecule has 1 fully saturated rings. The average molecular weight is 494 g/mol. The number of pyridine rings is 1. The number of hydrogen-bond acceptors (Lipinski definition) is 5. The third kappa shape index (κ3) is 4.41. The molecule has 2 unspecified atom stereocenters. The number of nitrogens with zero attached hydrogens (tertiary/aromatic N) is 1. The van der Waals surface area contributed by atoms with Crippen molar-refractivity contribution in [2.45, 2.75) is 56.2 Å². The second-order valence-electron chi connectivity index (χ2n) is 9.59. The van der Waals surface area contributed by atoms with Crippen LogP contribution in [0.5, 0.6) is 5.75 Å². The molecule has 178 valence electrons. The highest BCUT2D eigenvalue weighted by Crippen LogP contribution is 2.54. The fraction of sp³-hybridized carbons (Fsp3) is 0.500. The molecule has 1 aliphatic heterocycles. The van der Waals surface area contributed by atoms with E-state index in [2.05, 4.69) is 0 Å². The van der Waals surface area contributed by atoms with Gasteiger partial charge < -0.3 is 23.7 Å². The van der Waals surface area contributed by atoms with Gasteiger partial charge >= 0.3 is 5.97 Å². The fourth-order valence-electron chi connectivity index (χ4n) is 4.39. The normalized spacial score (nSPS) is 19.7. The van der Waals surface area contributed by atoms with E-state index >= 15 is 0 Å². The van der Waals surface area contributed by atoms with Gasteiger partial charge in [0.2, 0.25) is 0 Å². The number of hydrogen-bond donors (Lipinski definition) is 1. The highest BCUT2D eigenvalue weighted by Gasteiger charge is 2.47. The number of ether oxygens (including phenoxy) is 2. The average Bonchev–Trinajstić information content (AvgIpc) is 3.55. The minimum Gasteiger partial charge on any atom is -0.611 e. The lowest BCUT2D eigenvalue weighted by Crippen LogP contribution is -2.36. The molecule has 2 aliphatic rings. The minimum atomic E-state index is -1.51. The third-order valence-corrected chi connectivity index (χ3v) is 8.40. The predicted octanol–water partition coefficient (Wildman–Crippen LogP) is 4.83. The molecule has 1 saturated carbocycles. The lowest BCUT2D eigenvalue weighted by molar-refractivity contribution is 0.0694. The maximum atomic E-state index is 13.9. The third-order valence-electron chi connectivity index (χ3n) is 5.95. The first kappa shape index (κ1) is 24.1. The number of methoxy groups -OCH3 is 1. The number of benzene rings is 1. The molecule has 0 saturated heterocycles. The van der Waals surface area contributed by atoms with Crippen LogP contribution in [0, 0.1) is 5.41 Å². The van der Waals surface area contributed by atoms with Gasteiger partial charge in [0.25, 0.3) is 5.56 Å². The number of fused-ring (bicyclic) bond motifs is 3. The predicted molar refractivity (Wildman–Crippen MR) is 127 cm³/mol. The zero-order valence-corrected chi connectivity index (χ0v) is 20.7. The number of carboxylic acids is 1. The molecule has 4 rings (SSSR count). The Labute approximate surface area is 200 Å². The molecule has 2 heterocycles. The largest absolute Gasteiger partial charge is 0.611 e. The first-order valence-electron chi connectivity index (χ1n) is 10.9. The van der Waals surface area contributed by atoms with Crippen LogP contribution in [0.1, 0.15) is 67.2 Å². The minimum absolute atomic E-state index is 0.0747. The quantitative estimate of drug-likeness (QED) is 0.438. The van der Waals surface area contributed by atoms with Gasteiger partial charge in [-0.05, 0) is 36.2 Å². The van der Waals surface area contributed by atoms with Gasteiger partial charge in [0.15, 0.2) is 10.1 Å². The standard InChI is InChI=1S/C24H28ClNO6S/c1-24(2,3)21-15-10-16(23(28)29)22(27)26(13-6-7-13)20(15)14-11-17(25)18(12-19(14)33(21)30)32-9-5-8-31-4/h10-13,21H,5-9H2,1-4H3,(H,28,29). The van der Waals surface area contributed by atoms with Crippen LogP contribution in [-0.2, 0) is 15.9 Å². The highest BCUT2D eigenvalue weighted by molar-refractivity contribution is 7.92. The molecule has 1 aromatic carbocycles. The Morgan fingerprint density at radius 2 is 1.97 bits per heavy atom. The maximum Gasteiger partial charge on any atom is 0.341 e. The summed E-state index contributed by atoms with van der Waals surface area (Å²) < 4.78 is 26.4. The molecular formula is C24H28ClNO6S. The van der Waals surface area contributed by atoms with E-state index in [4.69, 9.17) is 21.1 Å². The zero-order chi connectivity index (χ0) is 24.1. The molecule has 1 N–H and O–H groups in total. The first-order chi connectivity index (χ1) is 15.6. The van der Waals surface area contributed by atoms with Gasteiger partial charge in [0.1, 0.15) is 11.3 Å². The molecule has 2 aromatic rings. The Bertz CT molecular complexity index is 1150. The van der Waals surface area contributed by atoms with Crippen molar-refractivity contribution in [1.29, 1.82) is 0 Å². The van der Waals surface area contributed by atoms with E-state index in [-0.39, 0.29) is 11.6 Å². The van der Waals surface area contributed by atoms with Crippen molar-refractivity contribution in [3.63, 3.8) is 0 Å². The molecule has 0 amide bonds. The summed E-state index contributed by atoms with van der Waals surface area (Å²) in [7, 11) is 1.62. The molecule has 2 atom stereocenters. The van der Waals surface area contributed by atoms with Gasteiger partial charge in [0.05, 0.1) is 22.9 Å². The van der Waals surface area contributed by atoms with Gasteiger partial charge in [0, 0.05) is 43.2 Å². The first-order valence-corrected chi connectivity index (χ1v) is 12.5. The van der Waals surface area contributed by atoms with Crippen LogP contribution in [0.4, 0.5) is 0 Å². The van der Waals surface area contributed by atoms with E-state index in [1.807, 2.05) is 20.8 Å². The Morgan fingerprint density at radius 3 is 2.55 bits per heavy atom. The smallest absolute Gasteiger partial charge is 0.341 e. The number of aromatic carboxylic acids is 1. The van der Waals surface area contributed by atoms with Crippen molar-refractivity contribution in [3.8, 4) is 17.0 Å². The summed E-state index contributed by atoms with van der Waals surface area (Å²) in [4.78, 5) is 25.6. The number of carboxylic acid groups (broad SMARTS) is 1.